The summed E-state index contributed by atoms with van der Waals surface area (Å²) in [4.78, 5) is 0. The Hall–Kier alpha value is -1.51. The molecule has 2 heterocycles. The molecule has 0 saturated heterocycles. The zero-order valence-corrected chi connectivity index (χ0v) is 17.0. The second-order valence-corrected chi connectivity index (χ2v) is 7.33. The summed E-state index contributed by atoms with van der Waals surface area (Å²) in [6, 6.07) is 6.77. The van der Waals surface area contributed by atoms with Crippen LogP contribution in [0, 0.1) is 11.6 Å². The molecule has 0 aliphatic carbocycles. The van der Waals surface area contributed by atoms with Gasteiger partial charge in [-0.15, -0.1) is 0 Å². The maximum Gasteiger partial charge on any atom is 0.149 e. The predicted octanol–water partition coefficient (Wildman–Crippen LogP) is 5.60. The van der Waals surface area contributed by atoms with Crippen molar-refractivity contribution in [2.75, 3.05) is 0 Å². The average Bonchev–Trinajstić information content (AvgIpc) is 3.09. The highest BCUT2D eigenvalue weighted by molar-refractivity contribution is 9.10. The lowest BCUT2D eigenvalue weighted by atomic mass is 10.2. The van der Waals surface area contributed by atoms with Gasteiger partial charge in [0.25, 0.3) is 0 Å². The van der Waals surface area contributed by atoms with Crippen molar-refractivity contribution in [3.8, 4) is 0 Å². The summed E-state index contributed by atoms with van der Waals surface area (Å²) in [5.41, 5.74) is 1.24. The van der Waals surface area contributed by atoms with Gasteiger partial charge in [0.15, 0.2) is 0 Å². The normalized spacial score (nSPS) is 11.0. The van der Waals surface area contributed by atoms with Gasteiger partial charge in [0.05, 0.1) is 30.8 Å². The molecule has 0 atom stereocenters. The molecule has 25 heavy (non-hydrogen) atoms. The second kappa shape index (κ2) is 7.01. The Kier molecular flexibility index (Phi) is 5.13. The molecule has 4 rings (SSSR count). The van der Waals surface area contributed by atoms with E-state index < -0.39 is 0 Å². The Morgan fingerprint density at radius 2 is 1.52 bits per heavy atom. The number of rotatable bonds is 0. The van der Waals surface area contributed by atoms with Gasteiger partial charge in [-0.1, -0.05) is 11.6 Å². The number of fused-ring (bicyclic) bond motifs is 2. The molecule has 4 aromatic rings. The zero-order valence-electron chi connectivity index (χ0n) is 13.1. The van der Waals surface area contributed by atoms with Crippen LogP contribution in [0.25, 0.3) is 21.8 Å². The monoisotopic (exact) mass is 490 g/mol. The molecule has 0 bridgehead atoms. The number of benzene rings is 2. The van der Waals surface area contributed by atoms with Crippen LogP contribution in [0.1, 0.15) is 0 Å². The van der Waals surface area contributed by atoms with Crippen LogP contribution in [0.5, 0.6) is 0 Å². The molecule has 0 fully saturated rings. The number of aryl methyl sites for hydroxylation is 2. The van der Waals surface area contributed by atoms with Gasteiger partial charge >= 0.3 is 0 Å². The van der Waals surface area contributed by atoms with Crippen molar-refractivity contribution in [3.05, 3.63) is 56.2 Å². The van der Waals surface area contributed by atoms with E-state index in [0.29, 0.717) is 35.9 Å². The summed E-state index contributed by atoms with van der Waals surface area (Å²) in [5.74, 6) is -0.615. The number of nitrogens with zero attached hydrogens (tertiary/aromatic N) is 4. The molecular weight excluding hydrogens is 481 g/mol. The van der Waals surface area contributed by atoms with Gasteiger partial charge in [-0.25, -0.2) is 8.78 Å². The zero-order chi connectivity index (χ0) is 18.3. The molecule has 0 saturated carbocycles. The number of halogens is 5. The van der Waals surface area contributed by atoms with E-state index in [9.17, 15) is 8.78 Å². The first kappa shape index (κ1) is 18.3. The van der Waals surface area contributed by atoms with Crippen LogP contribution in [0.3, 0.4) is 0 Å². The molecule has 0 unspecified atom stereocenters. The van der Waals surface area contributed by atoms with Gasteiger partial charge in [-0.05, 0) is 56.1 Å². The minimum absolute atomic E-state index is 0.249. The van der Waals surface area contributed by atoms with E-state index in [1.165, 1.54) is 4.68 Å². The Bertz CT molecular complexity index is 1090. The average molecular weight is 493 g/mol. The summed E-state index contributed by atoms with van der Waals surface area (Å²) in [6.07, 6.45) is 1.66. The summed E-state index contributed by atoms with van der Waals surface area (Å²) >= 11 is 12.1. The number of hydrogen-bond acceptors (Lipinski definition) is 2. The van der Waals surface area contributed by atoms with Gasteiger partial charge in [-0.2, -0.15) is 10.2 Å². The Morgan fingerprint density at radius 1 is 0.920 bits per heavy atom. The van der Waals surface area contributed by atoms with Gasteiger partial charge in [-0.3, -0.25) is 9.36 Å². The molecule has 0 aliphatic rings. The van der Waals surface area contributed by atoms with Gasteiger partial charge in [0.2, 0.25) is 0 Å². The van der Waals surface area contributed by atoms with E-state index in [2.05, 4.69) is 42.1 Å². The third kappa shape index (κ3) is 3.43. The first-order valence-corrected chi connectivity index (χ1v) is 8.99. The molecule has 0 spiro atoms. The van der Waals surface area contributed by atoms with Crippen molar-refractivity contribution >= 4 is 65.3 Å². The van der Waals surface area contributed by atoms with E-state index in [-0.39, 0.29) is 11.6 Å². The lowest BCUT2D eigenvalue weighted by Gasteiger charge is -1.94. The third-order valence-corrected chi connectivity index (χ3v) is 5.17. The Balaban J connectivity index is 0.000000146. The fourth-order valence-electron chi connectivity index (χ4n) is 2.34. The van der Waals surface area contributed by atoms with E-state index in [4.69, 9.17) is 11.6 Å². The Morgan fingerprint density at radius 3 is 2.20 bits per heavy atom. The minimum atomic E-state index is -0.365. The SMILES string of the molecule is Cn1cc2c(F)c(Br)ccc2n1.Cn1nc2ccc(Br)c(F)c2c1Cl. The van der Waals surface area contributed by atoms with Crippen molar-refractivity contribution in [2.24, 2.45) is 14.1 Å². The van der Waals surface area contributed by atoms with Crippen LogP contribution >= 0.6 is 43.5 Å². The highest BCUT2D eigenvalue weighted by Crippen LogP contribution is 2.29. The van der Waals surface area contributed by atoms with E-state index in [1.54, 1.807) is 49.2 Å². The highest BCUT2D eigenvalue weighted by atomic mass is 79.9. The van der Waals surface area contributed by atoms with Gasteiger partial charge < -0.3 is 0 Å². The first-order valence-electron chi connectivity index (χ1n) is 7.03. The second-order valence-electron chi connectivity index (χ2n) is 5.27. The summed E-state index contributed by atoms with van der Waals surface area (Å²) < 4.78 is 30.7. The van der Waals surface area contributed by atoms with E-state index in [1.807, 2.05) is 0 Å². The van der Waals surface area contributed by atoms with Crippen LogP contribution in [-0.2, 0) is 14.1 Å². The lowest BCUT2D eigenvalue weighted by Crippen LogP contribution is -1.87. The minimum Gasteiger partial charge on any atom is -0.274 e. The molecule has 2 aromatic heterocycles. The molecule has 4 nitrogen and oxygen atoms in total. The fraction of sp³-hybridized carbons (Fsp3) is 0.125. The maximum atomic E-state index is 13.5. The van der Waals surface area contributed by atoms with E-state index >= 15 is 0 Å². The number of aromatic nitrogens is 4. The standard InChI is InChI=1S/C8H5BrClFN2.C8H6BrFN2/c1-13-8(10)6-5(12-13)3-2-4(9)7(6)11;1-12-4-5-7(11-12)3-2-6(9)8(5)10/h2-3H,1H3;2-4H,1H3. The highest BCUT2D eigenvalue weighted by Gasteiger charge is 2.13. The topological polar surface area (TPSA) is 35.6 Å². The predicted molar refractivity (Wildman–Crippen MR) is 102 cm³/mol. The largest absolute Gasteiger partial charge is 0.274 e. The lowest BCUT2D eigenvalue weighted by molar-refractivity contribution is 0.632. The van der Waals surface area contributed by atoms with Crippen molar-refractivity contribution in [3.63, 3.8) is 0 Å². The maximum absolute atomic E-state index is 13.5. The summed E-state index contributed by atoms with van der Waals surface area (Å²) in [5, 5.41) is 9.33. The third-order valence-electron chi connectivity index (χ3n) is 3.51. The first-order chi connectivity index (χ1) is 11.8. The quantitative estimate of drug-likeness (QED) is 0.320. The molecule has 0 amide bonds. The molecule has 130 valence electrons. The van der Waals surface area contributed by atoms with Crippen LogP contribution in [0.15, 0.2) is 39.4 Å². The molecular formula is C16H11Br2ClF2N4. The van der Waals surface area contributed by atoms with Crippen LogP contribution in [0.2, 0.25) is 5.15 Å². The molecule has 2 aromatic carbocycles. The smallest absolute Gasteiger partial charge is 0.149 e. The van der Waals surface area contributed by atoms with Crippen molar-refractivity contribution < 1.29 is 8.78 Å². The van der Waals surface area contributed by atoms with Gasteiger partial charge in [0.1, 0.15) is 16.8 Å². The van der Waals surface area contributed by atoms with Crippen LogP contribution in [-0.4, -0.2) is 19.6 Å². The Labute approximate surface area is 163 Å². The van der Waals surface area contributed by atoms with E-state index in [0.717, 1.165) is 0 Å². The van der Waals surface area contributed by atoms with Gasteiger partial charge in [0, 0.05) is 20.3 Å². The summed E-state index contributed by atoms with van der Waals surface area (Å²) in [6.45, 7) is 0. The molecule has 9 heteroatoms. The van der Waals surface area contributed by atoms with Crippen molar-refractivity contribution in [1.29, 1.82) is 0 Å². The number of hydrogen-bond donors (Lipinski definition) is 0. The van der Waals surface area contributed by atoms with Crippen LogP contribution < -0.4 is 0 Å². The molecule has 0 N–H and O–H groups in total. The van der Waals surface area contributed by atoms with Crippen molar-refractivity contribution in [1.82, 2.24) is 19.6 Å². The molecule has 0 aliphatic heterocycles. The molecule has 0 radical (unpaired) electrons. The van der Waals surface area contributed by atoms with Crippen molar-refractivity contribution in [2.45, 2.75) is 0 Å². The summed E-state index contributed by atoms with van der Waals surface area (Å²) in [7, 11) is 3.45. The van der Waals surface area contributed by atoms with Crippen LogP contribution in [0.4, 0.5) is 8.78 Å². The fourth-order valence-corrected chi connectivity index (χ4v) is 3.23.